The first-order valence-electron chi connectivity index (χ1n) is 10.4. The molecule has 2 N–H and O–H groups in total. The van der Waals surface area contributed by atoms with Crippen LogP contribution in [-0.2, 0) is 6.42 Å². The lowest BCUT2D eigenvalue weighted by molar-refractivity contribution is 0.257. The van der Waals surface area contributed by atoms with Gasteiger partial charge in [-0.05, 0) is 44.9 Å². The number of amides is 2. The number of urea groups is 1. The Morgan fingerprint density at radius 3 is 3.00 bits per heavy atom. The van der Waals surface area contributed by atoms with E-state index in [1.165, 1.54) is 5.69 Å². The van der Waals surface area contributed by atoms with Gasteiger partial charge in [-0.2, -0.15) is 5.10 Å². The molecule has 156 valence electrons. The molecule has 0 saturated carbocycles. The van der Waals surface area contributed by atoms with Gasteiger partial charge in [0.25, 0.3) is 0 Å². The molecular formula is C21H26N8O. The molecule has 2 aliphatic heterocycles. The van der Waals surface area contributed by atoms with Gasteiger partial charge in [0, 0.05) is 49.7 Å². The van der Waals surface area contributed by atoms with E-state index < -0.39 is 0 Å². The van der Waals surface area contributed by atoms with Crippen molar-refractivity contribution in [2.75, 3.05) is 41.3 Å². The number of aromatic nitrogens is 4. The van der Waals surface area contributed by atoms with Crippen LogP contribution >= 0.6 is 0 Å². The second-order valence-electron chi connectivity index (χ2n) is 8.10. The topological polar surface area (TPSA) is 90.7 Å². The number of nitrogens with zero attached hydrogens (tertiary/aromatic N) is 6. The highest BCUT2D eigenvalue weighted by atomic mass is 16.2. The summed E-state index contributed by atoms with van der Waals surface area (Å²) in [5.41, 5.74) is 4.78. The molecule has 3 aromatic rings. The van der Waals surface area contributed by atoms with Crippen molar-refractivity contribution in [3.05, 3.63) is 41.5 Å². The highest BCUT2D eigenvalue weighted by Crippen LogP contribution is 2.34. The molecule has 0 bridgehead atoms. The minimum absolute atomic E-state index is 0.175. The first-order valence-corrected chi connectivity index (χ1v) is 10.4. The highest BCUT2D eigenvalue weighted by Gasteiger charge is 2.30. The van der Waals surface area contributed by atoms with E-state index in [0.29, 0.717) is 18.4 Å². The fourth-order valence-corrected chi connectivity index (χ4v) is 4.37. The first kappa shape index (κ1) is 18.8. The van der Waals surface area contributed by atoms with Crippen molar-refractivity contribution < 1.29 is 4.79 Å². The number of piperazine rings is 1. The summed E-state index contributed by atoms with van der Waals surface area (Å²) in [6, 6.07) is 4.27. The Hall–Kier alpha value is -3.20. The number of nitrogens with one attached hydrogen (secondary N) is 2. The molecule has 0 aromatic carbocycles. The van der Waals surface area contributed by atoms with Gasteiger partial charge in [-0.25, -0.2) is 19.3 Å². The summed E-state index contributed by atoms with van der Waals surface area (Å²) in [6.07, 6.45) is 4.43. The van der Waals surface area contributed by atoms with Crippen LogP contribution in [0.1, 0.15) is 23.9 Å². The quantitative estimate of drug-likeness (QED) is 0.678. The number of anilines is 3. The number of fused-ring (bicyclic) bond motifs is 2. The van der Waals surface area contributed by atoms with Crippen molar-refractivity contribution in [1.29, 1.82) is 0 Å². The van der Waals surface area contributed by atoms with E-state index in [-0.39, 0.29) is 6.03 Å². The summed E-state index contributed by atoms with van der Waals surface area (Å²) in [5, 5.41) is 10.9. The van der Waals surface area contributed by atoms with Crippen LogP contribution in [0.5, 0.6) is 0 Å². The molecule has 2 amide bonds. The number of aryl methyl sites for hydroxylation is 2. The fourth-order valence-electron chi connectivity index (χ4n) is 4.37. The fraction of sp³-hybridized carbons (Fsp3) is 0.429. The molecule has 0 spiro atoms. The smallest absolute Gasteiger partial charge is 0.327 e. The van der Waals surface area contributed by atoms with Crippen LogP contribution in [0.15, 0.2) is 24.5 Å². The van der Waals surface area contributed by atoms with Crippen LogP contribution in [0.3, 0.4) is 0 Å². The third-order valence-corrected chi connectivity index (χ3v) is 5.83. The molecule has 0 unspecified atom stereocenters. The molecule has 3 aromatic heterocycles. The second kappa shape index (κ2) is 7.24. The van der Waals surface area contributed by atoms with Gasteiger partial charge in [-0.3, -0.25) is 4.90 Å². The van der Waals surface area contributed by atoms with E-state index >= 15 is 0 Å². The Balaban J connectivity index is 1.40. The molecule has 1 fully saturated rings. The number of pyridine rings is 2. The molecule has 5 heterocycles. The molecule has 2 aliphatic rings. The average molecular weight is 406 g/mol. The number of rotatable bonds is 2. The van der Waals surface area contributed by atoms with Crippen molar-refractivity contribution in [2.45, 2.75) is 33.2 Å². The predicted molar refractivity (Wildman–Crippen MR) is 116 cm³/mol. The second-order valence-corrected chi connectivity index (χ2v) is 8.10. The standard InChI is InChI=1S/C21H26N8O/c1-13-10-19-24-15(3)26-29(19)12-17(13)25-21(30)28-8-5-16-18(4-6-23-20(16)28)27-9-7-22-14(2)11-27/h4,6,10,12,14,22H,5,7-9,11H2,1-3H3,(H,25,30)/t14-/m0/s1. The SMILES string of the molecule is Cc1nc2cc(C)c(NC(=O)N3CCc4c(N5CCN[C@@H](C)C5)ccnc43)cn2n1. The largest absolute Gasteiger partial charge is 0.368 e. The van der Waals surface area contributed by atoms with E-state index in [1.807, 2.05) is 32.3 Å². The zero-order chi connectivity index (χ0) is 20.8. The normalized spacial score (nSPS) is 18.7. The summed E-state index contributed by atoms with van der Waals surface area (Å²) < 4.78 is 1.69. The molecule has 1 atom stereocenters. The molecule has 9 nitrogen and oxygen atoms in total. The van der Waals surface area contributed by atoms with Gasteiger partial charge >= 0.3 is 6.03 Å². The highest BCUT2D eigenvalue weighted by molar-refractivity contribution is 6.03. The van der Waals surface area contributed by atoms with Gasteiger partial charge in [-0.15, -0.1) is 0 Å². The lowest BCUT2D eigenvalue weighted by Gasteiger charge is -2.34. The zero-order valence-corrected chi connectivity index (χ0v) is 17.5. The molecule has 0 aliphatic carbocycles. The lowest BCUT2D eigenvalue weighted by Crippen LogP contribution is -2.49. The molecule has 30 heavy (non-hydrogen) atoms. The van der Waals surface area contributed by atoms with Crippen LogP contribution in [0.2, 0.25) is 0 Å². The number of hydrogen-bond donors (Lipinski definition) is 2. The maximum absolute atomic E-state index is 13.1. The van der Waals surface area contributed by atoms with Crippen molar-refractivity contribution in [3.63, 3.8) is 0 Å². The van der Waals surface area contributed by atoms with E-state index in [0.717, 1.165) is 54.3 Å². The van der Waals surface area contributed by atoms with E-state index in [9.17, 15) is 4.79 Å². The van der Waals surface area contributed by atoms with E-state index in [2.05, 4.69) is 43.6 Å². The minimum atomic E-state index is -0.175. The molecular weight excluding hydrogens is 380 g/mol. The Labute approximate surface area is 175 Å². The van der Waals surface area contributed by atoms with Crippen molar-refractivity contribution in [1.82, 2.24) is 24.9 Å². The van der Waals surface area contributed by atoms with Crippen molar-refractivity contribution in [3.8, 4) is 0 Å². The van der Waals surface area contributed by atoms with E-state index in [1.54, 1.807) is 9.42 Å². The predicted octanol–water partition coefficient (Wildman–Crippen LogP) is 2.13. The molecule has 0 radical (unpaired) electrons. The minimum Gasteiger partial charge on any atom is -0.368 e. The zero-order valence-electron chi connectivity index (χ0n) is 17.5. The molecule has 9 heteroatoms. The molecule has 5 rings (SSSR count). The Morgan fingerprint density at radius 1 is 1.30 bits per heavy atom. The number of carbonyl (C=O) groups excluding carboxylic acids is 1. The summed E-state index contributed by atoms with van der Waals surface area (Å²) in [6.45, 7) is 9.51. The van der Waals surface area contributed by atoms with E-state index in [4.69, 9.17) is 0 Å². The Morgan fingerprint density at radius 2 is 2.17 bits per heavy atom. The van der Waals surface area contributed by atoms with Gasteiger partial charge in [0.2, 0.25) is 0 Å². The van der Waals surface area contributed by atoms with Crippen LogP contribution in [0.4, 0.5) is 22.0 Å². The van der Waals surface area contributed by atoms with Crippen LogP contribution < -0.4 is 20.4 Å². The number of hydrogen-bond acceptors (Lipinski definition) is 6. The summed E-state index contributed by atoms with van der Waals surface area (Å²) in [5.74, 6) is 1.46. The lowest BCUT2D eigenvalue weighted by atomic mass is 10.1. The summed E-state index contributed by atoms with van der Waals surface area (Å²) in [7, 11) is 0. The van der Waals surface area contributed by atoms with Gasteiger partial charge in [-0.1, -0.05) is 0 Å². The van der Waals surface area contributed by atoms with Crippen molar-refractivity contribution in [2.24, 2.45) is 0 Å². The Kier molecular flexibility index (Phi) is 4.54. The van der Waals surface area contributed by atoms with Gasteiger partial charge in [0.1, 0.15) is 11.6 Å². The van der Waals surface area contributed by atoms with Gasteiger partial charge in [0.15, 0.2) is 5.65 Å². The third-order valence-electron chi connectivity index (χ3n) is 5.83. The molecule has 1 saturated heterocycles. The number of carbonyl (C=O) groups is 1. The maximum atomic E-state index is 13.1. The Bertz CT molecular complexity index is 1120. The maximum Gasteiger partial charge on any atom is 0.327 e. The van der Waals surface area contributed by atoms with Gasteiger partial charge in [0.05, 0.1) is 11.9 Å². The van der Waals surface area contributed by atoms with Crippen LogP contribution in [0, 0.1) is 13.8 Å². The van der Waals surface area contributed by atoms with Gasteiger partial charge < -0.3 is 15.5 Å². The first-order chi connectivity index (χ1) is 14.5. The summed E-state index contributed by atoms with van der Waals surface area (Å²) >= 11 is 0. The third kappa shape index (κ3) is 3.24. The monoisotopic (exact) mass is 406 g/mol. The average Bonchev–Trinajstić information content (AvgIpc) is 3.30. The van der Waals surface area contributed by atoms with Crippen LogP contribution in [0.25, 0.3) is 5.65 Å². The van der Waals surface area contributed by atoms with Crippen LogP contribution in [-0.4, -0.2) is 57.8 Å². The summed E-state index contributed by atoms with van der Waals surface area (Å²) in [4.78, 5) is 26.2. The van der Waals surface area contributed by atoms with Crippen molar-refractivity contribution >= 4 is 28.9 Å².